The summed E-state index contributed by atoms with van der Waals surface area (Å²) >= 11 is 0. The van der Waals surface area contributed by atoms with Gasteiger partial charge in [-0.3, -0.25) is 4.79 Å². The second-order valence-corrected chi connectivity index (χ2v) is 6.68. The zero-order chi connectivity index (χ0) is 15.3. The molecule has 1 aromatic carbocycles. The Morgan fingerprint density at radius 3 is 2.45 bits per heavy atom. The smallest absolute Gasteiger partial charge is 0.227 e. The predicted molar refractivity (Wildman–Crippen MR) is 94.4 cm³/mol. The van der Waals surface area contributed by atoms with Crippen molar-refractivity contribution in [2.45, 2.75) is 46.0 Å². The minimum atomic E-state index is 0. The van der Waals surface area contributed by atoms with Crippen molar-refractivity contribution >= 4 is 18.3 Å². The maximum atomic E-state index is 12.4. The normalized spacial score (nSPS) is 20.8. The van der Waals surface area contributed by atoms with E-state index in [1.807, 2.05) is 4.90 Å². The highest BCUT2D eigenvalue weighted by Crippen LogP contribution is 2.28. The minimum Gasteiger partial charge on any atom is -0.342 e. The molecular weight excluding hydrogens is 296 g/mol. The van der Waals surface area contributed by atoms with Crippen LogP contribution in [0.4, 0.5) is 0 Å². The van der Waals surface area contributed by atoms with Gasteiger partial charge in [-0.05, 0) is 42.3 Å². The number of nitrogens with two attached hydrogens (primary N) is 1. The van der Waals surface area contributed by atoms with Crippen molar-refractivity contribution in [1.82, 2.24) is 4.90 Å². The average molecular weight is 325 g/mol. The molecule has 2 rings (SSSR count). The van der Waals surface area contributed by atoms with Gasteiger partial charge in [-0.15, -0.1) is 12.4 Å². The number of likely N-dealkylation sites (tertiary alicyclic amines) is 1. The molecule has 1 saturated heterocycles. The highest BCUT2D eigenvalue weighted by Gasteiger charge is 2.34. The van der Waals surface area contributed by atoms with E-state index in [0.29, 0.717) is 13.0 Å². The summed E-state index contributed by atoms with van der Waals surface area (Å²) in [4.78, 5) is 14.3. The molecule has 1 aliphatic rings. The summed E-state index contributed by atoms with van der Waals surface area (Å²) in [6.45, 7) is 6.68. The van der Waals surface area contributed by atoms with Crippen molar-refractivity contribution in [2.24, 2.45) is 11.1 Å². The van der Waals surface area contributed by atoms with E-state index in [9.17, 15) is 4.79 Å². The Balaban J connectivity index is 0.00000242. The molecule has 22 heavy (non-hydrogen) atoms. The van der Waals surface area contributed by atoms with Crippen molar-refractivity contribution in [3.8, 4) is 0 Å². The molecule has 124 valence electrons. The first-order valence-corrected chi connectivity index (χ1v) is 8.12. The van der Waals surface area contributed by atoms with E-state index in [2.05, 4.69) is 38.1 Å². The Labute approximate surface area is 140 Å². The molecule has 0 spiro atoms. The first-order chi connectivity index (χ1) is 10.1. The Morgan fingerprint density at radius 1 is 1.27 bits per heavy atom. The Morgan fingerprint density at radius 2 is 1.91 bits per heavy atom. The first-order valence-electron chi connectivity index (χ1n) is 8.12. The molecule has 1 unspecified atom stereocenters. The molecule has 2 N–H and O–H groups in total. The number of carbonyl (C=O) groups excluding carboxylic acids is 1. The minimum absolute atomic E-state index is 0. The third-order valence-corrected chi connectivity index (χ3v) is 4.60. The molecule has 0 bridgehead atoms. The van der Waals surface area contributed by atoms with Gasteiger partial charge in [-0.1, -0.05) is 44.5 Å². The number of nitrogens with zero attached hydrogens (tertiary/aromatic N) is 1. The van der Waals surface area contributed by atoms with Crippen molar-refractivity contribution in [2.75, 3.05) is 19.6 Å². The van der Waals surface area contributed by atoms with E-state index in [4.69, 9.17) is 5.73 Å². The van der Waals surface area contributed by atoms with Gasteiger partial charge in [-0.2, -0.15) is 0 Å². The lowest BCUT2D eigenvalue weighted by atomic mass is 9.90. The molecular formula is C18H29ClN2O. The molecule has 0 aliphatic carbocycles. The quantitative estimate of drug-likeness (QED) is 0.873. The van der Waals surface area contributed by atoms with Gasteiger partial charge in [0.1, 0.15) is 0 Å². The number of unbranched alkanes of at least 4 members (excludes halogenated alkanes) is 1. The van der Waals surface area contributed by atoms with Crippen LogP contribution >= 0.6 is 12.4 Å². The van der Waals surface area contributed by atoms with Crippen LogP contribution in [0.1, 0.15) is 44.2 Å². The van der Waals surface area contributed by atoms with Crippen molar-refractivity contribution < 1.29 is 4.79 Å². The molecule has 1 amide bonds. The van der Waals surface area contributed by atoms with Gasteiger partial charge >= 0.3 is 0 Å². The highest BCUT2D eigenvalue weighted by molar-refractivity contribution is 5.85. The second kappa shape index (κ2) is 8.54. The summed E-state index contributed by atoms with van der Waals surface area (Å²) in [6.07, 6.45) is 5.10. The van der Waals surface area contributed by atoms with Gasteiger partial charge in [0, 0.05) is 13.1 Å². The van der Waals surface area contributed by atoms with Crippen molar-refractivity contribution in [3.05, 3.63) is 35.4 Å². The summed E-state index contributed by atoms with van der Waals surface area (Å²) in [5, 5.41) is 0. The van der Waals surface area contributed by atoms with Crippen LogP contribution in [0.15, 0.2) is 24.3 Å². The maximum absolute atomic E-state index is 12.4. The fourth-order valence-corrected chi connectivity index (χ4v) is 2.89. The Hall–Kier alpha value is -1.06. The van der Waals surface area contributed by atoms with E-state index in [1.54, 1.807) is 0 Å². The monoisotopic (exact) mass is 324 g/mol. The maximum Gasteiger partial charge on any atom is 0.227 e. The fraction of sp³-hybridized carbons (Fsp3) is 0.611. The van der Waals surface area contributed by atoms with Crippen LogP contribution in [0.2, 0.25) is 0 Å². The number of halogens is 1. The van der Waals surface area contributed by atoms with Crippen molar-refractivity contribution in [1.29, 1.82) is 0 Å². The van der Waals surface area contributed by atoms with Crippen LogP contribution in [0.3, 0.4) is 0 Å². The molecule has 3 nitrogen and oxygen atoms in total. The lowest BCUT2D eigenvalue weighted by Crippen LogP contribution is -2.35. The lowest BCUT2D eigenvalue weighted by Gasteiger charge is -2.22. The first kappa shape index (κ1) is 19.0. The molecule has 1 heterocycles. The SMILES string of the molecule is CCCCc1ccc(CC(=O)N2CCC(C)(CN)C2)cc1.Cl. The van der Waals surface area contributed by atoms with E-state index in [-0.39, 0.29) is 23.7 Å². The van der Waals surface area contributed by atoms with Gasteiger partial charge in [0.2, 0.25) is 5.91 Å². The zero-order valence-electron chi connectivity index (χ0n) is 13.8. The topological polar surface area (TPSA) is 46.3 Å². The van der Waals surface area contributed by atoms with Crippen LogP contribution in [0.5, 0.6) is 0 Å². The van der Waals surface area contributed by atoms with Gasteiger partial charge in [0.25, 0.3) is 0 Å². The van der Waals surface area contributed by atoms with Gasteiger partial charge in [-0.25, -0.2) is 0 Å². The molecule has 0 saturated carbocycles. The number of amides is 1. The molecule has 1 aromatic rings. The average Bonchev–Trinajstić information content (AvgIpc) is 2.90. The zero-order valence-corrected chi connectivity index (χ0v) is 14.6. The van der Waals surface area contributed by atoms with Crippen LogP contribution in [-0.4, -0.2) is 30.4 Å². The number of aryl methyl sites for hydroxylation is 1. The number of hydrogen-bond acceptors (Lipinski definition) is 2. The Bertz CT molecular complexity index is 474. The van der Waals surface area contributed by atoms with Gasteiger partial charge < -0.3 is 10.6 Å². The molecule has 1 atom stereocenters. The molecule has 1 fully saturated rings. The number of rotatable bonds is 6. The standard InChI is InChI=1S/C18H28N2O.ClH/c1-3-4-5-15-6-8-16(9-7-15)12-17(21)20-11-10-18(2,13-19)14-20;/h6-9H,3-5,10-14,19H2,1-2H3;1H. The largest absolute Gasteiger partial charge is 0.342 e. The van der Waals surface area contributed by atoms with Crippen molar-refractivity contribution in [3.63, 3.8) is 0 Å². The number of hydrogen-bond donors (Lipinski definition) is 1. The van der Waals surface area contributed by atoms with E-state index < -0.39 is 0 Å². The molecule has 0 aromatic heterocycles. The molecule has 0 radical (unpaired) electrons. The number of carbonyl (C=O) groups is 1. The summed E-state index contributed by atoms with van der Waals surface area (Å²) in [5.74, 6) is 0.230. The lowest BCUT2D eigenvalue weighted by molar-refractivity contribution is -0.129. The van der Waals surface area contributed by atoms with Gasteiger partial charge in [0.15, 0.2) is 0 Å². The third kappa shape index (κ3) is 4.99. The predicted octanol–water partition coefficient (Wildman–Crippen LogP) is 3.19. The third-order valence-electron chi connectivity index (χ3n) is 4.60. The van der Waals surface area contributed by atoms with E-state index >= 15 is 0 Å². The van der Waals surface area contributed by atoms with Crippen LogP contribution < -0.4 is 5.73 Å². The van der Waals surface area contributed by atoms with E-state index in [1.165, 1.54) is 18.4 Å². The summed E-state index contributed by atoms with van der Waals surface area (Å²) in [7, 11) is 0. The summed E-state index contributed by atoms with van der Waals surface area (Å²) in [6, 6.07) is 8.51. The number of benzene rings is 1. The van der Waals surface area contributed by atoms with Crippen LogP contribution in [0, 0.1) is 5.41 Å². The molecule has 1 aliphatic heterocycles. The summed E-state index contributed by atoms with van der Waals surface area (Å²) < 4.78 is 0. The summed E-state index contributed by atoms with van der Waals surface area (Å²) in [5.41, 5.74) is 8.39. The van der Waals surface area contributed by atoms with E-state index in [0.717, 1.165) is 31.5 Å². The molecule has 4 heteroatoms. The Kier molecular flexibility index (Phi) is 7.37. The van der Waals surface area contributed by atoms with Gasteiger partial charge in [0.05, 0.1) is 6.42 Å². The van der Waals surface area contributed by atoms with Crippen LogP contribution in [-0.2, 0) is 17.6 Å². The highest BCUT2D eigenvalue weighted by atomic mass is 35.5. The van der Waals surface area contributed by atoms with Crippen LogP contribution in [0.25, 0.3) is 0 Å². The fourth-order valence-electron chi connectivity index (χ4n) is 2.89. The second-order valence-electron chi connectivity index (χ2n) is 6.68.